The van der Waals surface area contributed by atoms with Crippen molar-refractivity contribution in [3.05, 3.63) is 65.2 Å². The van der Waals surface area contributed by atoms with Crippen LogP contribution in [-0.4, -0.2) is 44.3 Å². The summed E-state index contributed by atoms with van der Waals surface area (Å²) in [6.07, 6.45) is 0.520. The van der Waals surface area contributed by atoms with Crippen molar-refractivity contribution in [1.82, 2.24) is 24.6 Å². The third-order valence-corrected chi connectivity index (χ3v) is 7.11. The van der Waals surface area contributed by atoms with Gasteiger partial charge in [0.05, 0.1) is 0 Å². The molecule has 2 fully saturated rings. The van der Waals surface area contributed by atoms with Gasteiger partial charge in [-0.1, -0.05) is 6.07 Å². The van der Waals surface area contributed by atoms with Gasteiger partial charge in [0, 0.05) is 43.7 Å². The van der Waals surface area contributed by atoms with Crippen LogP contribution in [0, 0.1) is 17.6 Å². The zero-order chi connectivity index (χ0) is 24.1. The molecule has 34 heavy (non-hydrogen) atoms. The fourth-order valence-corrected chi connectivity index (χ4v) is 5.14. The first-order valence-electron chi connectivity index (χ1n) is 11.3. The number of benzene rings is 1. The molecule has 0 spiro atoms. The number of likely N-dealkylation sites (tertiary alicyclic amines) is 1. The van der Waals surface area contributed by atoms with Crippen molar-refractivity contribution < 1.29 is 22.0 Å². The highest BCUT2D eigenvalue weighted by molar-refractivity contribution is 5.55. The van der Waals surface area contributed by atoms with Gasteiger partial charge in [-0.05, 0) is 61.6 Å². The average molecular weight is 477 g/mol. The Kier molecular flexibility index (Phi) is 5.66. The van der Waals surface area contributed by atoms with Crippen LogP contribution in [0.3, 0.4) is 0 Å². The Morgan fingerprint density at radius 1 is 1.06 bits per heavy atom. The van der Waals surface area contributed by atoms with E-state index >= 15 is 0 Å². The molecule has 1 aliphatic carbocycles. The van der Waals surface area contributed by atoms with Gasteiger partial charge >= 0.3 is 6.18 Å². The smallest absolute Gasteiger partial charge is 0.314 e. The number of fused-ring (bicyclic) bond motifs is 1. The predicted octanol–water partition coefficient (Wildman–Crippen LogP) is 4.77. The Labute approximate surface area is 193 Å². The van der Waals surface area contributed by atoms with Gasteiger partial charge in [0.25, 0.3) is 0 Å². The van der Waals surface area contributed by atoms with E-state index in [0.29, 0.717) is 23.7 Å². The van der Waals surface area contributed by atoms with Crippen LogP contribution in [0.5, 0.6) is 0 Å². The van der Waals surface area contributed by atoms with Gasteiger partial charge in [0.15, 0.2) is 17.5 Å². The van der Waals surface area contributed by atoms with Crippen molar-refractivity contribution in [3.63, 3.8) is 0 Å². The zero-order valence-electron chi connectivity index (χ0n) is 18.6. The molecule has 1 saturated heterocycles. The fraction of sp³-hybridized carbons (Fsp3) is 0.458. The first-order valence-corrected chi connectivity index (χ1v) is 11.3. The van der Waals surface area contributed by atoms with E-state index in [0.717, 1.165) is 68.5 Å². The highest BCUT2D eigenvalue weighted by Gasteiger charge is 2.60. The molecule has 2 atom stereocenters. The first-order chi connectivity index (χ1) is 16.2. The number of pyridine rings is 1. The molecule has 3 heterocycles. The SMILES string of the molecule is Cn1c(CCCCN2C[C@@H]3C[C@]3(c3ccc(C(F)(F)F)nc3)C2)nnc1-c1ccc(F)c(F)c1. The minimum atomic E-state index is -4.42. The van der Waals surface area contributed by atoms with Crippen molar-refractivity contribution in [2.75, 3.05) is 19.6 Å². The van der Waals surface area contributed by atoms with Crippen molar-refractivity contribution >= 4 is 0 Å². The van der Waals surface area contributed by atoms with E-state index in [2.05, 4.69) is 20.1 Å². The number of piperidine rings is 1. The molecule has 10 heteroatoms. The van der Waals surface area contributed by atoms with Gasteiger partial charge in [0.2, 0.25) is 0 Å². The summed E-state index contributed by atoms with van der Waals surface area (Å²) in [5, 5.41) is 8.33. The van der Waals surface area contributed by atoms with E-state index in [1.165, 1.54) is 12.3 Å². The van der Waals surface area contributed by atoms with Gasteiger partial charge < -0.3 is 9.47 Å². The number of hydrogen-bond acceptors (Lipinski definition) is 4. The van der Waals surface area contributed by atoms with Gasteiger partial charge in [-0.15, -0.1) is 10.2 Å². The fourth-order valence-electron chi connectivity index (χ4n) is 5.14. The lowest BCUT2D eigenvalue weighted by molar-refractivity contribution is -0.141. The maximum atomic E-state index is 13.5. The number of aromatic nitrogens is 4. The summed E-state index contributed by atoms with van der Waals surface area (Å²) in [7, 11) is 1.81. The van der Waals surface area contributed by atoms with Crippen molar-refractivity contribution in [1.29, 1.82) is 0 Å². The highest BCUT2D eigenvalue weighted by Crippen LogP contribution is 2.58. The Morgan fingerprint density at radius 2 is 1.88 bits per heavy atom. The van der Waals surface area contributed by atoms with Crippen molar-refractivity contribution in [2.45, 2.75) is 37.3 Å². The molecule has 0 radical (unpaired) electrons. The predicted molar refractivity (Wildman–Crippen MR) is 115 cm³/mol. The number of nitrogens with zero attached hydrogens (tertiary/aromatic N) is 5. The summed E-state index contributed by atoms with van der Waals surface area (Å²) in [5.41, 5.74) is 0.465. The van der Waals surface area contributed by atoms with Crippen LogP contribution in [0.2, 0.25) is 0 Å². The Morgan fingerprint density at radius 3 is 2.59 bits per heavy atom. The van der Waals surface area contributed by atoms with Gasteiger partial charge in [-0.2, -0.15) is 13.2 Å². The molecule has 0 bridgehead atoms. The van der Waals surface area contributed by atoms with Crippen LogP contribution in [0.25, 0.3) is 11.4 Å². The second kappa shape index (κ2) is 8.41. The molecule has 2 aliphatic rings. The highest BCUT2D eigenvalue weighted by atomic mass is 19.4. The number of rotatable bonds is 7. The van der Waals surface area contributed by atoms with E-state index in [1.54, 1.807) is 10.6 Å². The standard InChI is InChI=1S/C24H24F5N5/c1-33-21(31-32-22(33)15-5-7-18(25)19(26)10-15)4-2-3-9-34-13-17-11-23(17,14-34)16-6-8-20(30-12-16)24(27,28)29/h5-8,10,12,17H,2-4,9,11,13-14H2,1H3/t17-,23+/m0/s1. The third kappa shape index (κ3) is 4.19. The Balaban J connectivity index is 1.13. The average Bonchev–Trinajstić information content (AvgIpc) is 3.17. The molecule has 1 aromatic carbocycles. The Bertz CT molecular complexity index is 1190. The van der Waals surface area contributed by atoms with Crippen LogP contribution in [0.1, 0.15) is 36.3 Å². The van der Waals surface area contributed by atoms with Crippen LogP contribution < -0.4 is 0 Å². The van der Waals surface area contributed by atoms with Crippen LogP contribution >= 0.6 is 0 Å². The van der Waals surface area contributed by atoms with Gasteiger partial charge in [0.1, 0.15) is 11.5 Å². The molecule has 5 rings (SSSR count). The lowest BCUT2D eigenvalue weighted by Crippen LogP contribution is -2.27. The van der Waals surface area contributed by atoms with E-state index < -0.39 is 23.5 Å². The summed E-state index contributed by atoms with van der Waals surface area (Å²) in [6, 6.07) is 6.33. The number of alkyl halides is 3. The second-order valence-electron chi connectivity index (χ2n) is 9.31. The molecule has 1 saturated carbocycles. The quantitative estimate of drug-likeness (QED) is 0.363. The largest absolute Gasteiger partial charge is 0.433 e. The van der Waals surface area contributed by atoms with Crippen molar-refractivity contribution in [3.8, 4) is 11.4 Å². The maximum Gasteiger partial charge on any atom is 0.433 e. The van der Waals surface area contributed by atoms with Gasteiger partial charge in [-0.25, -0.2) is 8.78 Å². The van der Waals surface area contributed by atoms with E-state index in [1.807, 2.05) is 7.05 Å². The Hall–Kier alpha value is -2.88. The lowest BCUT2D eigenvalue weighted by Gasteiger charge is -2.21. The number of halogens is 5. The molecule has 0 N–H and O–H groups in total. The van der Waals surface area contributed by atoms with Gasteiger partial charge in [-0.3, -0.25) is 4.98 Å². The first kappa shape index (κ1) is 22.9. The summed E-state index contributed by atoms with van der Waals surface area (Å²) in [6.45, 7) is 2.69. The van der Waals surface area contributed by atoms with E-state index in [9.17, 15) is 22.0 Å². The molecule has 2 aromatic heterocycles. The third-order valence-electron chi connectivity index (χ3n) is 7.11. The summed E-state index contributed by atoms with van der Waals surface area (Å²) >= 11 is 0. The molecular weight excluding hydrogens is 453 g/mol. The van der Waals surface area contributed by atoms with Crippen LogP contribution in [0.15, 0.2) is 36.5 Å². The summed E-state index contributed by atoms with van der Waals surface area (Å²) in [5.74, 6) is -0.0852. The molecule has 180 valence electrons. The monoisotopic (exact) mass is 477 g/mol. The van der Waals surface area contributed by atoms with E-state index in [-0.39, 0.29) is 5.41 Å². The minimum Gasteiger partial charge on any atom is -0.314 e. The molecule has 0 amide bonds. The molecule has 1 aliphatic heterocycles. The minimum absolute atomic E-state index is 0.0555. The normalized spacial score (nSPS) is 22.2. The van der Waals surface area contributed by atoms with Crippen LogP contribution in [0.4, 0.5) is 22.0 Å². The molecule has 5 nitrogen and oxygen atoms in total. The molecular formula is C24H24F5N5. The lowest BCUT2D eigenvalue weighted by atomic mass is 9.96. The zero-order valence-corrected chi connectivity index (χ0v) is 18.6. The summed E-state index contributed by atoms with van der Waals surface area (Å²) < 4.78 is 66.9. The van der Waals surface area contributed by atoms with Crippen LogP contribution in [-0.2, 0) is 25.1 Å². The molecule has 0 unspecified atom stereocenters. The van der Waals surface area contributed by atoms with E-state index in [4.69, 9.17) is 0 Å². The topological polar surface area (TPSA) is 46.8 Å². The molecule has 3 aromatic rings. The number of aryl methyl sites for hydroxylation is 1. The number of hydrogen-bond donors (Lipinski definition) is 0. The number of unbranched alkanes of at least 4 members (excludes halogenated alkanes) is 1. The second-order valence-corrected chi connectivity index (χ2v) is 9.31. The van der Waals surface area contributed by atoms with Crippen molar-refractivity contribution in [2.24, 2.45) is 13.0 Å². The summed E-state index contributed by atoms with van der Waals surface area (Å²) in [4.78, 5) is 6.01. The maximum absolute atomic E-state index is 13.5.